The average molecular weight is 383 g/mol. The highest BCUT2D eigenvalue weighted by Crippen LogP contribution is 2.16. The number of carbonyl (C=O) groups is 2. The van der Waals surface area contributed by atoms with Crippen molar-refractivity contribution in [2.45, 2.75) is 19.4 Å². The summed E-state index contributed by atoms with van der Waals surface area (Å²) >= 11 is 0. The third kappa shape index (κ3) is 6.30. The van der Waals surface area contributed by atoms with Crippen LogP contribution in [0.3, 0.4) is 0 Å². The molecule has 1 fully saturated rings. The minimum absolute atomic E-state index is 0.0127. The second-order valence-electron chi connectivity index (χ2n) is 6.25. The number of sulfone groups is 1. The highest BCUT2D eigenvalue weighted by Gasteiger charge is 2.29. The van der Waals surface area contributed by atoms with Crippen LogP contribution in [0.4, 0.5) is 5.69 Å². The van der Waals surface area contributed by atoms with E-state index in [0.717, 1.165) is 0 Å². The van der Waals surface area contributed by atoms with E-state index in [2.05, 4.69) is 10.6 Å². The van der Waals surface area contributed by atoms with Gasteiger partial charge in [-0.2, -0.15) is 0 Å². The summed E-state index contributed by atoms with van der Waals surface area (Å²) < 4.78 is 28.0. The molecule has 1 aliphatic heterocycles. The van der Waals surface area contributed by atoms with Gasteiger partial charge in [0.1, 0.15) is 5.75 Å². The van der Waals surface area contributed by atoms with Gasteiger partial charge in [0.25, 0.3) is 0 Å². The molecule has 2 amide bonds. The van der Waals surface area contributed by atoms with Gasteiger partial charge in [-0.15, -0.1) is 0 Å². The Hall–Kier alpha value is -2.13. The Labute approximate surface area is 153 Å². The zero-order valence-corrected chi connectivity index (χ0v) is 15.8. The molecular formula is C17H25N3O5S. The molecule has 1 heterocycles. The van der Waals surface area contributed by atoms with Crippen molar-refractivity contribution in [1.82, 2.24) is 10.2 Å². The molecule has 1 atom stereocenters. The summed E-state index contributed by atoms with van der Waals surface area (Å²) in [4.78, 5) is 26.0. The number of likely N-dealkylation sites (N-methyl/N-ethyl adjacent to an activating group) is 1. The van der Waals surface area contributed by atoms with Crippen LogP contribution < -0.4 is 15.4 Å². The molecule has 1 aliphatic rings. The number of benzene rings is 1. The van der Waals surface area contributed by atoms with Gasteiger partial charge in [0.2, 0.25) is 11.8 Å². The van der Waals surface area contributed by atoms with E-state index in [4.69, 9.17) is 4.74 Å². The van der Waals surface area contributed by atoms with E-state index in [-0.39, 0.29) is 42.5 Å². The van der Waals surface area contributed by atoms with Crippen LogP contribution in [-0.4, -0.2) is 69.4 Å². The Kier molecular flexibility index (Phi) is 6.98. The van der Waals surface area contributed by atoms with Gasteiger partial charge in [0.15, 0.2) is 9.84 Å². The largest absolute Gasteiger partial charge is 0.497 e. The Morgan fingerprint density at radius 3 is 2.62 bits per heavy atom. The molecule has 1 saturated heterocycles. The first-order chi connectivity index (χ1) is 12.3. The lowest BCUT2D eigenvalue weighted by Crippen LogP contribution is -2.44. The fourth-order valence-electron chi connectivity index (χ4n) is 2.77. The molecule has 0 saturated carbocycles. The predicted octanol–water partition coefficient (Wildman–Crippen LogP) is 0.259. The number of rotatable bonds is 8. The van der Waals surface area contributed by atoms with Gasteiger partial charge in [-0.1, -0.05) is 13.0 Å². The van der Waals surface area contributed by atoms with Gasteiger partial charge in [0, 0.05) is 17.8 Å². The molecular weight excluding hydrogens is 358 g/mol. The number of nitrogens with zero attached hydrogens (tertiary/aromatic N) is 1. The number of amides is 2. The second kappa shape index (κ2) is 9.00. The summed E-state index contributed by atoms with van der Waals surface area (Å²) in [7, 11) is -1.49. The Morgan fingerprint density at radius 2 is 2.00 bits per heavy atom. The molecule has 144 valence electrons. The van der Waals surface area contributed by atoms with Crippen LogP contribution in [-0.2, 0) is 19.4 Å². The van der Waals surface area contributed by atoms with Crippen molar-refractivity contribution in [3.05, 3.63) is 24.3 Å². The standard InChI is InChI=1S/C17H25N3O5S/c1-3-20(11-17(22)19-14-7-8-26(23,24)12-14)10-16(21)18-13-5-4-6-15(9-13)25-2/h4-6,9,14H,3,7-8,10-12H2,1-2H3,(H,18,21)(H,19,22)/t14-/m1/s1. The minimum Gasteiger partial charge on any atom is -0.497 e. The number of ether oxygens (including phenoxy) is 1. The lowest BCUT2D eigenvalue weighted by atomic mass is 10.2. The summed E-state index contributed by atoms with van der Waals surface area (Å²) in [5.41, 5.74) is 0.617. The summed E-state index contributed by atoms with van der Waals surface area (Å²) in [6.45, 7) is 2.47. The number of hydrogen-bond acceptors (Lipinski definition) is 6. The van der Waals surface area contributed by atoms with Crippen molar-refractivity contribution >= 4 is 27.3 Å². The summed E-state index contributed by atoms with van der Waals surface area (Å²) in [6.07, 6.45) is 0.441. The van der Waals surface area contributed by atoms with Gasteiger partial charge < -0.3 is 15.4 Å². The van der Waals surface area contributed by atoms with Crippen molar-refractivity contribution in [2.24, 2.45) is 0 Å². The molecule has 1 aromatic rings. The quantitative estimate of drug-likeness (QED) is 0.667. The Bertz CT molecular complexity index is 751. The highest BCUT2D eigenvalue weighted by molar-refractivity contribution is 7.91. The zero-order chi connectivity index (χ0) is 19.2. The predicted molar refractivity (Wildman–Crippen MR) is 98.9 cm³/mol. The summed E-state index contributed by atoms with van der Waals surface area (Å²) in [5.74, 6) is 0.222. The monoisotopic (exact) mass is 383 g/mol. The molecule has 0 radical (unpaired) electrons. The maximum absolute atomic E-state index is 12.2. The molecule has 0 aromatic heterocycles. The number of carbonyl (C=O) groups excluding carboxylic acids is 2. The van der Waals surface area contributed by atoms with E-state index in [1.165, 1.54) is 0 Å². The molecule has 26 heavy (non-hydrogen) atoms. The molecule has 8 nitrogen and oxygen atoms in total. The fraction of sp³-hybridized carbons (Fsp3) is 0.529. The molecule has 9 heteroatoms. The van der Waals surface area contributed by atoms with E-state index < -0.39 is 9.84 Å². The lowest BCUT2D eigenvalue weighted by Gasteiger charge is -2.20. The smallest absolute Gasteiger partial charge is 0.238 e. The van der Waals surface area contributed by atoms with Gasteiger partial charge in [0.05, 0.1) is 31.7 Å². The molecule has 2 N–H and O–H groups in total. The van der Waals surface area contributed by atoms with Crippen molar-refractivity contribution in [3.63, 3.8) is 0 Å². The van der Waals surface area contributed by atoms with Crippen LogP contribution in [0.1, 0.15) is 13.3 Å². The Balaban J connectivity index is 1.82. The van der Waals surface area contributed by atoms with E-state index in [1.54, 1.807) is 36.3 Å². The maximum Gasteiger partial charge on any atom is 0.238 e. The summed E-state index contributed by atoms with van der Waals surface area (Å²) in [6, 6.07) is 6.68. The van der Waals surface area contributed by atoms with Crippen molar-refractivity contribution in [3.8, 4) is 5.75 Å². The van der Waals surface area contributed by atoms with E-state index in [0.29, 0.717) is 24.4 Å². The number of hydrogen-bond donors (Lipinski definition) is 2. The van der Waals surface area contributed by atoms with Gasteiger partial charge in [-0.05, 0) is 25.1 Å². The zero-order valence-electron chi connectivity index (χ0n) is 15.0. The second-order valence-corrected chi connectivity index (χ2v) is 8.48. The van der Waals surface area contributed by atoms with E-state index in [1.807, 2.05) is 6.92 Å². The fourth-order valence-corrected chi connectivity index (χ4v) is 4.44. The molecule has 0 aliphatic carbocycles. The third-order valence-corrected chi connectivity index (χ3v) is 5.90. The summed E-state index contributed by atoms with van der Waals surface area (Å²) in [5, 5.41) is 5.50. The van der Waals surface area contributed by atoms with Crippen LogP contribution in [0.5, 0.6) is 5.75 Å². The number of anilines is 1. The average Bonchev–Trinajstić information content (AvgIpc) is 2.92. The van der Waals surface area contributed by atoms with Gasteiger partial charge >= 0.3 is 0 Å². The first-order valence-corrected chi connectivity index (χ1v) is 10.3. The van der Waals surface area contributed by atoms with Crippen molar-refractivity contribution in [1.29, 1.82) is 0 Å². The maximum atomic E-state index is 12.2. The number of methoxy groups -OCH3 is 1. The van der Waals surface area contributed by atoms with Crippen LogP contribution in [0, 0.1) is 0 Å². The number of nitrogens with one attached hydrogen (secondary N) is 2. The topological polar surface area (TPSA) is 105 Å². The lowest BCUT2D eigenvalue weighted by molar-refractivity contribution is -0.123. The van der Waals surface area contributed by atoms with Crippen LogP contribution in [0.25, 0.3) is 0 Å². The molecule has 0 spiro atoms. The van der Waals surface area contributed by atoms with Crippen LogP contribution in [0.2, 0.25) is 0 Å². The normalized spacial score (nSPS) is 18.5. The molecule has 0 bridgehead atoms. The van der Waals surface area contributed by atoms with Gasteiger partial charge in [-0.3, -0.25) is 14.5 Å². The minimum atomic E-state index is -3.04. The molecule has 1 aromatic carbocycles. The van der Waals surface area contributed by atoms with Crippen molar-refractivity contribution < 1.29 is 22.7 Å². The molecule has 2 rings (SSSR count). The SMILES string of the molecule is CCN(CC(=O)Nc1cccc(OC)c1)CC(=O)N[C@@H]1CCS(=O)(=O)C1. The highest BCUT2D eigenvalue weighted by atomic mass is 32.2. The van der Waals surface area contributed by atoms with E-state index in [9.17, 15) is 18.0 Å². The van der Waals surface area contributed by atoms with E-state index >= 15 is 0 Å². The third-order valence-electron chi connectivity index (χ3n) is 4.13. The first-order valence-electron chi connectivity index (χ1n) is 8.47. The first kappa shape index (κ1) is 20.2. The Morgan fingerprint density at radius 1 is 1.27 bits per heavy atom. The molecule has 0 unspecified atom stereocenters. The van der Waals surface area contributed by atoms with Crippen LogP contribution >= 0.6 is 0 Å². The van der Waals surface area contributed by atoms with Crippen molar-refractivity contribution in [2.75, 3.05) is 43.6 Å². The van der Waals surface area contributed by atoms with Crippen LogP contribution in [0.15, 0.2) is 24.3 Å². The van der Waals surface area contributed by atoms with Gasteiger partial charge in [-0.25, -0.2) is 8.42 Å².